The fourth-order valence-electron chi connectivity index (χ4n) is 1.97. The maximum Gasteiger partial charge on any atom is 0.390 e. The molecule has 0 amide bonds. The van der Waals surface area contributed by atoms with Crippen molar-refractivity contribution in [2.45, 2.75) is 17.5 Å². The lowest BCUT2D eigenvalue weighted by molar-refractivity contribution is -0.131. The van der Waals surface area contributed by atoms with Crippen molar-refractivity contribution in [1.82, 2.24) is 0 Å². The number of hydrogen-bond acceptors (Lipinski definition) is 2. The van der Waals surface area contributed by atoms with E-state index in [0.717, 1.165) is 4.31 Å². The van der Waals surface area contributed by atoms with E-state index in [0.29, 0.717) is 4.47 Å². The van der Waals surface area contributed by atoms with Gasteiger partial charge in [-0.05, 0) is 30.3 Å². The highest BCUT2D eigenvalue weighted by molar-refractivity contribution is 9.10. The van der Waals surface area contributed by atoms with E-state index in [-0.39, 0.29) is 10.6 Å². The quantitative estimate of drug-likeness (QED) is 0.726. The Labute approximate surface area is 140 Å². The zero-order chi connectivity index (χ0) is 17.1. The van der Waals surface area contributed by atoms with Crippen molar-refractivity contribution >= 4 is 31.6 Å². The minimum absolute atomic E-state index is 0.0536. The summed E-state index contributed by atoms with van der Waals surface area (Å²) in [5.74, 6) is 0. The third-order valence-corrected chi connectivity index (χ3v) is 5.36. The van der Waals surface area contributed by atoms with E-state index in [1.807, 2.05) is 0 Å². The molecule has 23 heavy (non-hydrogen) atoms. The smallest absolute Gasteiger partial charge is 0.266 e. The van der Waals surface area contributed by atoms with Crippen LogP contribution >= 0.6 is 15.9 Å². The van der Waals surface area contributed by atoms with Crippen LogP contribution in [0.3, 0.4) is 0 Å². The van der Waals surface area contributed by atoms with Crippen molar-refractivity contribution in [2.24, 2.45) is 0 Å². The third kappa shape index (κ3) is 4.71. The summed E-state index contributed by atoms with van der Waals surface area (Å²) in [7, 11) is -4.08. The zero-order valence-corrected chi connectivity index (χ0v) is 14.2. The van der Waals surface area contributed by atoms with Crippen molar-refractivity contribution in [3.8, 4) is 0 Å². The lowest BCUT2D eigenvalue weighted by Gasteiger charge is -2.25. The summed E-state index contributed by atoms with van der Waals surface area (Å²) in [6, 6.07) is 13.6. The van der Waals surface area contributed by atoms with Gasteiger partial charge in [0.05, 0.1) is 17.0 Å². The van der Waals surface area contributed by atoms with Crippen molar-refractivity contribution < 1.29 is 21.6 Å². The Hall–Kier alpha value is -1.54. The molecular weight excluding hydrogens is 395 g/mol. The molecule has 3 nitrogen and oxygen atoms in total. The summed E-state index contributed by atoms with van der Waals surface area (Å²) in [5, 5.41) is 0. The maximum atomic E-state index is 12.7. The standard InChI is InChI=1S/C15H13BrF3NO2S/c16-12-5-4-6-13(11-12)20(10-9-15(17,18)19)23(21,22)14-7-2-1-3-8-14/h1-8,11H,9-10H2. The molecule has 0 aromatic heterocycles. The highest BCUT2D eigenvalue weighted by atomic mass is 79.9. The molecule has 2 rings (SSSR count). The van der Waals surface area contributed by atoms with Gasteiger partial charge in [0.1, 0.15) is 0 Å². The normalized spacial score (nSPS) is 12.2. The summed E-state index contributed by atoms with van der Waals surface area (Å²) in [5.41, 5.74) is 0.174. The number of rotatable bonds is 5. The van der Waals surface area contributed by atoms with Crippen LogP contribution in [0.4, 0.5) is 18.9 Å². The molecule has 8 heteroatoms. The summed E-state index contributed by atoms with van der Waals surface area (Å²) in [6.07, 6.45) is -5.68. The molecule has 0 unspecified atom stereocenters. The predicted molar refractivity (Wildman–Crippen MR) is 85.8 cm³/mol. The SMILES string of the molecule is O=S(=O)(c1ccccc1)N(CCC(F)(F)F)c1cccc(Br)c1. The second kappa shape index (κ2) is 6.92. The number of nitrogens with zero attached hydrogens (tertiary/aromatic N) is 1. The van der Waals surface area contributed by atoms with E-state index in [1.165, 1.54) is 36.4 Å². The first kappa shape index (κ1) is 17.8. The van der Waals surface area contributed by atoms with E-state index in [2.05, 4.69) is 15.9 Å². The lowest BCUT2D eigenvalue weighted by atomic mass is 10.3. The van der Waals surface area contributed by atoms with Crippen LogP contribution in [0.5, 0.6) is 0 Å². The van der Waals surface area contributed by atoms with E-state index >= 15 is 0 Å². The van der Waals surface area contributed by atoms with Crippen LogP contribution in [0.2, 0.25) is 0 Å². The van der Waals surface area contributed by atoms with Gasteiger partial charge in [-0.3, -0.25) is 4.31 Å². The van der Waals surface area contributed by atoms with Crippen LogP contribution in [-0.4, -0.2) is 21.1 Å². The summed E-state index contributed by atoms with van der Waals surface area (Å²) in [4.78, 5) is -0.0536. The van der Waals surface area contributed by atoms with Crippen LogP contribution in [0.25, 0.3) is 0 Å². The summed E-state index contributed by atoms with van der Waals surface area (Å²) >= 11 is 3.20. The van der Waals surface area contributed by atoms with Crippen molar-refractivity contribution in [3.63, 3.8) is 0 Å². The van der Waals surface area contributed by atoms with Crippen molar-refractivity contribution in [3.05, 3.63) is 59.1 Å². The molecule has 0 atom stereocenters. The van der Waals surface area contributed by atoms with Crippen molar-refractivity contribution in [2.75, 3.05) is 10.8 Å². The van der Waals surface area contributed by atoms with Gasteiger partial charge in [-0.1, -0.05) is 40.2 Å². The van der Waals surface area contributed by atoms with Gasteiger partial charge >= 0.3 is 6.18 Å². The molecule has 2 aromatic carbocycles. The van der Waals surface area contributed by atoms with Gasteiger partial charge in [-0.25, -0.2) is 8.42 Å². The van der Waals surface area contributed by atoms with Gasteiger partial charge < -0.3 is 0 Å². The Kier molecular flexibility index (Phi) is 5.36. The molecule has 0 heterocycles. The topological polar surface area (TPSA) is 37.4 Å². The highest BCUT2D eigenvalue weighted by Crippen LogP contribution is 2.29. The van der Waals surface area contributed by atoms with E-state index < -0.39 is 29.2 Å². The van der Waals surface area contributed by atoms with E-state index in [9.17, 15) is 21.6 Å². The van der Waals surface area contributed by atoms with Crippen LogP contribution < -0.4 is 4.31 Å². The molecule has 2 aromatic rings. The Morgan fingerprint density at radius 3 is 2.22 bits per heavy atom. The molecule has 124 valence electrons. The number of halogens is 4. The molecule has 0 N–H and O–H groups in total. The summed E-state index contributed by atoms with van der Waals surface area (Å²) in [6.45, 7) is -0.683. The fourth-order valence-corrected chi connectivity index (χ4v) is 3.83. The van der Waals surface area contributed by atoms with Crippen LogP contribution in [0.15, 0.2) is 64.0 Å². The fraction of sp³-hybridized carbons (Fsp3) is 0.200. The van der Waals surface area contributed by atoms with Crippen LogP contribution in [0.1, 0.15) is 6.42 Å². The van der Waals surface area contributed by atoms with Crippen LogP contribution in [0, 0.1) is 0 Å². The first-order chi connectivity index (χ1) is 10.7. The Morgan fingerprint density at radius 2 is 1.65 bits per heavy atom. The Bertz CT molecular complexity index is 764. The van der Waals surface area contributed by atoms with Crippen LogP contribution in [-0.2, 0) is 10.0 Å². The average Bonchev–Trinajstić information content (AvgIpc) is 2.47. The van der Waals surface area contributed by atoms with Gasteiger partial charge in [0.2, 0.25) is 0 Å². The minimum atomic E-state index is -4.45. The second-order valence-electron chi connectivity index (χ2n) is 4.74. The molecule has 0 spiro atoms. The molecule has 0 aliphatic carbocycles. The first-order valence-electron chi connectivity index (χ1n) is 6.60. The number of anilines is 1. The number of benzene rings is 2. The molecule has 0 fully saturated rings. The highest BCUT2D eigenvalue weighted by Gasteiger charge is 2.32. The van der Waals surface area contributed by atoms with E-state index in [4.69, 9.17) is 0 Å². The molecule has 0 bridgehead atoms. The predicted octanol–water partition coefficient (Wildman–Crippen LogP) is 4.60. The third-order valence-electron chi connectivity index (χ3n) is 3.03. The summed E-state index contributed by atoms with van der Waals surface area (Å²) < 4.78 is 64.5. The largest absolute Gasteiger partial charge is 0.390 e. The Balaban J connectivity index is 2.45. The molecule has 0 aliphatic rings. The Morgan fingerprint density at radius 1 is 1.00 bits per heavy atom. The number of hydrogen-bond donors (Lipinski definition) is 0. The molecular formula is C15H13BrF3NO2S. The van der Waals surface area contributed by atoms with Gasteiger partial charge in [-0.15, -0.1) is 0 Å². The average molecular weight is 408 g/mol. The van der Waals surface area contributed by atoms with Gasteiger partial charge in [-0.2, -0.15) is 13.2 Å². The monoisotopic (exact) mass is 407 g/mol. The molecule has 0 radical (unpaired) electrons. The molecule has 0 aliphatic heterocycles. The number of sulfonamides is 1. The van der Waals surface area contributed by atoms with Crippen molar-refractivity contribution in [1.29, 1.82) is 0 Å². The first-order valence-corrected chi connectivity index (χ1v) is 8.83. The van der Waals surface area contributed by atoms with E-state index in [1.54, 1.807) is 18.2 Å². The second-order valence-corrected chi connectivity index (χ2v) is 7.51. The zero-order valence-electron chi connectivity index (χ0n) is 11.8. The maximum absolute atomic E-state index is 12.7. The van der Waals surface area contributed by atoms with Gasteiger partial charge in [0.25, 0.3) is 10.0 Å². The number of alkyl halides is 3. The van der Waals surface area contributed by atoms with Gasteiger partial charge in [0, 0.05) is 11.0 Å². The molecule has 0 saturated heterocycles. The lowest BCUT2D eigenvalue weighted by Crippen LogP contribution is -2.34. The minimum Gasteiger partial charge on any atom is -0.266 e. The molecule has 0 saturated carbocycles. The van der Waals surface area contributed by atoms with Gasteiger partial charge in [0.15, 0.2) is 0 Å².